The summed E-state index contributed by atoms with van der Waals surface area (Å²) in [5, 5.41) is 12.7. The molecule has 0 saturated heterocycles. The van der Waals surface area contributed by atoms with Crippen molar-refractivity contribution in [2.24, 2.45) is 7.05 Å². The second kappa shape index (κ2) is 6.42. The van der Waals surface area contributed by atoms with Gasteiger partial charge in [-0.2, -0.15) is 10.1 Å². The van der Waals surface area contributed by atoms with E-state index in [-0.39, 0.29) is 6.04 Å². The van der Waals surface area contributed by atoms with Crippen molar-refractivity contribution in [2.75, 3.05) is 5.32 Å². The molecule has 0 amide bonds. The molecule has 0 bridgehead atoms. The number of aromatic nitrogens is 6. The van der Waals surface area contributed by atoms with E-state index in [1.807, 2.05) is 57.6 Å². The summed E-state index contributed by atoms with van der Waals surface area (Å²) < 4.78 is 3.50. The first-order chi connectivity index (χ1) is 12.5. The molecule has 0 aliphatic heterocycles. The molecular weight excluding hydrogens is 350 g/mol. The van der Waals surface area contributed by atoms with Gasteiger partial charge in [-0.3, -0.25) is 4.68 Å². The lowest BCUT2D eigenvalue weighted by Gasteiger charge is -2.05. The topological polar surface area (TPSA) is 72.9 Å². The van der Waals surface area contributed by atoms with E-state index in [0.717, 1.165) is 22.5 Å². The Morgan fingerprint density at radius 2 is 1.81 bits per heavy atom. The van der Waals surface area contributed by atoms with Gasteiger partial charge in [0.1, 0.15) is 5.69 Å². The van der Waals surface area contributed by atoms with Gasteiger partial charge in [0.15, 0.2) is 5.65 Å². The first-order valence-electron chi connectivity index (χ1n) is 8.28. The SMILES string of the molecule is CC(C)Nc1nc2c(-c3cnn(C)c3)nc(-c3ccc(Cl)cc3)cn2n1. The number of aryl methyl sites for hydroxylation is 1. The van der Waals surface area contributed by atoms with Crippen molar-refractivity contribution in [2.45, 2.75) is 19.9 Å². The van der Waals surface area contributed by atoms with Crippen molar-refractivity contribution >= 4 is 23.2 Å². The van der Waals surface area contributed by atoms with Crippen LogP contribution in [0.25, 0.3) is 28.2 Å². The quantitative estimate of drug-likeness (QED) is 0.595. The number of anilines is 1. The van der Waals surface area contributed by atoms with Crippen molar-refractivity contribution in [1.82, 2.24) is 29.4 Å². The Morgan fingerprint density at radius 3 is 2.46 bits per heavy atom. The zero-order chi connectivity index (χ0) is 18.3. The van der Waals surface area contributed by atoms with E-state index in [4.69, 9.17) is 16.6 Å². The number of fused-ring (bicyclic) bond motifs is 1. The second-order valence-electron chi connectivity index (χ2n) is 6.39. The minimum absolute atomic E-state index is 0.234. The highest BCUT2D eigenvalue weighted by Crippen LogP contribution is 2.27. The number of nitrogens with one attached hydrogen (secondary N) is 1. The first-order valence-corrected chi connectivity index (χ1v) is 8.66. The van der Waals surface area contributed by atoms with Crippen LogP contribution in [-0.2, 0) is 7.05 Å². The Hall–Kier alpha value is -2.93. The molecule has 8 heteroatoms. The second-order valence-corrected chi connectivity index (χ2v) is 6.82. The van der Waals surface area contributed by atoms with E-state index in [9.17, 15) is 0 Å². The maximum atomic E-state index is 6.01. The van der Waals surface area contributed by atoms with Crippen molar-refractivity contribution in [3.8, 4) is 22.5 Å². The van der Waals surface area contributed by atoms with Crippen LogP contribution >= 0.6 is 11.6 Å². The molecule has 0 saturated carbocycles. The summed E-state index contributed by atoms with van der Waals surface area (Å²) in [6.45, 7) is 4.09. The average Bonchev–Trinajstić information content (AvgIpc) is 3.19. The van der Waals surface area contributed by atoms with Crippen molar-refractivity contribution < 1.29 is 0 Å². The summed E-state index contributed by atoms with van der Waals surface area (Å²) in [5.41, 5.74) is 4.04. The normalized spacial score (nSPS) is 11.4. The number of rotatable bonds is 4. The molecule has 3 aromatic heterocycles. The fourth-order valence-electron chi connectivity index (χ4n) is 2.71. The molecule has 26 heavy (non-hydrogen) atoms. The molecule has 7 nitrogen and oxygen atoms in total. The van der Waals surface area contributed by atoms with Gasteiger partial charge in [0.25, 0.3) is 0 Å². The monoisotopic (exact) mass is 367 g/mol. The van der Waals surface area contributed by atoms with Gasteiger partial charge in [0.2, 0.25) is 5.95 Å². The predicted octanol–water partition coefficient (Wildman–Crippen LogP) is 3.67. The molecule has 0 aliphatic carbocycles. The lowest BCUT2D eigenvalue weighted by Crippen LogP contribution is -2.10. The average molecular weight is 368 g/mol. The minimum atomic E-state index is 0.234. The minimum Gasteiger partial charge on any atom is -0.351 e. The molecule has 4 rings (SSSR count). The van der Waals surface area contributed by atoms with E-state index in [1.165, 1.54) is 0 Å². The summed E-state index contributed by atoms with van der Waals surface area (Å²) in [7, 11) is 1.87. The van der Waals surface area contributed by atoms with E-state index >= 15 is 0 Å². The van der Waals surface area contributed by atoms with Crippen LogP contribution in [0.4, 0.5) is 5.95 Å². The van der Waals surface area contributed by atoms with E-state index in [0.29, 0.717) is 16.6 Å². The largest absolute Gasteiger partial charge is 0.351 e. The van der Waals surface area contributed by atoms with Gasteiger partial charge in [0, 0.05) is 35.4 Å². The van der Waals surface area contributed by atoms with Crippen LogP contribution in [0.2, 0.25) is 5.02 Å². The third kappa shape index (κ3) is 3.13. The van der Waals surface area contributed by atoms with Crippen LogP contribution in [-0.4, -0.2) is 35.4 Å². The van der Waals surface area contributed by atoms with Crippen molar-refractivity contribution in [1.29, 1.82) is 0 Å². The van der Waals surface area contributed by atoms with Crippen molar-refractivity contribution in [3.05, 3.63) is 47.9 Å². The Kier molecular flexibility index (Phi) is 4.08. The maximum Gasteiger partial charge on any atom is 0.243 e. The molecule has 0 fully saturated rings. The number of halogens is 1. The van der Waals surface area contributed by atoms with Crippen molar-refractivity contribution in [3.63, 3.8) is 0 Å². The lowest BCUT2D eigenvalue weighted by atomic mass is 10.1. The highest BCUT2D eigenvalue weighted by molar-refractivity contribution is 6.30. The molecule has 132 valence electrons. The molecule has 0 unspecified atom stereocenters. The molecule has 3 heterocycles. The molecule has 0 radical (unpaired) electrons. The van der Waals surface area contributed by atoms with Crippen LogP contribution < -0.4 is 5.32 Å². The first kappa shape index (κ1) is 16.5. The molecule has 0 atom stereocenters. The fraction of sp³-hybridized carbons (Fsp3) is 0.222. The molecule has 0 spiro atoms. The Morgan fingerprint density at radius 1 is 1.04 bits per heavy atom. The molecular formula is C18H18ClN7. The van der Waals surface area contributed by atoms with Gasteiger partial charge >= 0.3 is 0 Å². The third-order valence-corrected chi connectivity index (χ3v) is 4.11. The van der Waals surface area contributed by atoms with Crippen LogP contribution in [0.3, 0.4) is 0 Å². The van der Waals surface area contributed by atoms with Gasteiger partial charge in [-0.25, -0.2) is 9.50 Å². The number of benzene rings is 1. The van der Waals surface area contributed by atoms with Crippen LogP contribution in [0, 0.1) is 0 Å². The lowest BCUT2D eigenvalue weighted by molar-refractivity contribution is 0.768. The third-order valence-electron chi connectivity index (χ3n) is 3.86. The summed E-state index contributed by atoms with van der Waals surface area (Å²) in [6.07, 6.45) is 5.56. The van der Waals surface area contributed by atoms with Gasteiger partial charge in [-0.1, -0.05) is 23.7 Å². The molecule has 0 aliphatic rings. The molecule has 1 aromatic carbocycles. The van der Waals surface area contributed by atoms with E-state index in [1.54, 1.807) is 15.4 Å². The zero-order valence-electron chi connectivity index (χ0n) is 14.7. The smallest absolute Gasteiger partial charge is 0.243 e. The Labute approximate surface area is 155 Å². The fourth-order valence-corrected chi connectivity index (χ4v) is 2.83. The zero-order valence-corrected chi connectivity index (χ0v) is 15.4. The molecule has 4 aromatic rings. The van der Waals surface area contributed by atoms with Gasteiger partial charge in [0.05, 0.1) is 18.1 Å². The van der Waals surface area contributed by atoms with Crippen LogP contribution in [0.5, 0.6) is 0 Å². The number of nitrogens with zero attached hydrogens (tertiary/aromatic N) is 6. The van der Waals surface area contributed by atoms with E-state index in [2.05, 4.69) is 20.5 Å². The maximum absolute atomic E-state index is 6.01. The molecule has 1 N–H and O–H groups in total. The standard InChI is InChI=1S/C18H18ClN7/c1-11(2)21-18-23-17-16(13-8-20-25(3)9-13)22-15(10-26(17)24-18)12-4-6-14(19)7-5-12/h4-11H,1-3H3,(H,21,24). The van der Waals surface area contributed by atoms with Gasteiger partial charge in [-0.15, -0.1) is 5.10 Å². The van der Waals surface area contributed by atoms with Gasteiger partial charge in [-0.05, 0) is 26.0 Å². The Balaban J connectivity index is 1.92. The van der Waals surface area contributed by atoms with Crippen LogP contribution in [0.1, 0.15) is 13.8 Å². The summed E-state index contributed by atoms with van der Waals surface area (Å²) >= 11 is 6.01. The Bertz CT molecular complexity index is 1060. The highest BCUT2D eigenvalue weighted by atomic mass is 35.5. The number of hydrogen-bond acceptors (Lipinski definition) is 5. The highest BCUT2D eigenvalue weighted by Gasteiger charge is 2.16. The van der Waals surface area contributed by atoms with Gasteiger partial charge < -0.3 is 5.32 Å². The summed E-state index contributed by atoms with van der Waals surface area (Å²) in [4.78, 5) is 9.44. The van der Waals surface area contributed by atoms with Crippen LogP contribution in [0.15, 0.2) is 42.9 Å². The predicted molar refractivity (Wildman–Crippen MR) is 102 cm³/mol. The number of hydrogen-bond donors (Lipinski definition) is 1. The van der Waals surface area contributed by atoms with E-state index < -0.39 is 0 Å². The summed E-state index contributed by atoms with van der Waals surface area (Å²) in [5.74, 6) is 0.570. The summed E-state index contributed by atoms with van der Waals surface area (Å²) in [6, 6.07) is 7.80.